The van der Waals surface area contributed by atoms with Gasteiger partial charge in [0.2, 0.25) is 11.0 Å². The van der Waals surface area contributed by atoms with Crippen molar-refractivity contribution >= 4 is 51.2 Å². The molecule has 130 valence electrons. The molecule has 0 aliphatic rings. The number of nitrogens with zero attached hydrogens (tertiary/aromatic N) is 2. The molecular formula is C17H18N4OS3. The molecule has 8 heteroatoms. The van der Waals surface area contributed by atoms with Crippen LogP contribution in [0.3, 0.4) is 0 Å². The molecule has 0 saturated heterocycles. The van der Waals surface area contributed by atoms with Gasteiger partial charge >= 0.3 is 0 Å². The van der Waals surface area contributed by atoms with Gasteiger partial charge in [0.1, 0.15) is 0 Å². The van der Waals surface area contributed by atoms with E-state index in [2.05, 4.69) is 20.8 Å². The van der Waals surface area contributed by atoms with Crippen molar-refractivity contribution in [1.29, 1.82) is 0 Å². The van der Waals surface area contributed by atoms with Gasteiger partial charge in [-0.3, -0.25) is 4.79 Å². The van der Waals surface area contributed by atoms with Crippen molar-refractivity contribution in [3.05, 3.63) is 52.2 Å². The number of nitrogens with one attached hydrogen (secondary N) is 2. The number of aromatic nitrogens is 2. The first kappa shape index (κ1) is 17.9. The molecule has 1 aromatic carbocycles. The normalized spacial score (nSPS) is 11.9. The van der Waals surface area contributed by atoms with Gasteiger partial charge in [0.15, 0.2) is 4.34 Å². The summed E-state index contributed by atoms with van der Waals surface area (Å²) in [6, 6.07) is 12.1. The minimum absolute atomic E-state index is 0.00542. The van der Waals surface area contributed by atoms with Crippen LogP contribution in [-0.2, 0) is 4.79 Å². The van der Waals surface area contributed by atoms with E-state index in [1.54, 1.807) is 11.3 Å². The van der Waals surface area contributed by atoms with E-state index >= 15 is 0 Å². The highest BCUT2D eigenvalue weighted by Crippen LogP contribution is 2.28. The summed E-state index contributed by atoms with van der Waals surface area (Å²) in [4.78, 5) is 13.2. The van der Waals surface area contributed by atoms with E-state index in [4.69, 9.17) is 0 Å². The van der Waals surface area contributed by atoms with Crippen LogP contribution in [0.25, 0.3) is 0 Å². The molecule has 2 heterocycles. The molecule has 3 aromatic rings. The molecule has 0 spiro atoms. The van der Waals surface area contributed by atoms with Crippen LogP contribution in [0, 0.1) is 6.92 Å². The Balaban J connectivity index is 1.48. The molecule has 1 atom stereocenters. The number of aryl methyl sites for hydroxylation is 1. The van der Waals surface area contributed by atoms with Crippen LogP contribution in [0.2, 0.25) is 0 Å². The number of hydrogen-bond acceptors (Lipinski definition) is 7. The number of carbonyl (C=O) groups excluding carboxylic acids is 1. The average molecular weight is 391 g/mol. The topological polar surface area (TPSA) is 66.9 Å². The largest absolute Gasteiger partial charge is 0.348 e. The molecule has 0 aliphatic carbocycles. The number of anilines is 2. The number of benzene rings is 1. The highest BCUT2D eigenvalue weighted by molar-refractivity contribution is 8.01. The number of thioether (sulfide) groups is 1. The van der Waals surface area contributed by atoms with Crippen LogP contribution < -0.4 is 10.6 Å². The van der Waals surface area contributed by atoms with E-state index in [0.717, 1.165) is 20.0 Å². The molecule has 3 rings (SSSR count). The maximum Gasteiger partial charge on any atom is 0.230 e. The van der Waals surface area contributed by atoms with Gasteiger partial charge in [0, 0.05) is 10.6 Å². The number of rotatable bonds is 7. The average Bonchev–Trinajstić information content (AvgIpc) is 3.27. The van der Waals surface area contributed by atoms with Gasteiger partial charge in [-0.1, -0.05) is 46.9 Å². The fraction of sp³-hybridized carbons (Fsp3) is 0.235. The Morgan fingerprint density at radius 2 is 2.04 bits per heavy atom. The molecule has 2 N–H and O–H groups in total. The van der Waals surface area contributed by atoms with Gasteiger partial charge < -0.3 is 10.6 Å². The maximum absolute atomic E-state index is 12.1. The summed E-state index contributed by atoms with van der Waals surface area (Å²) < 4.78 is 0.772. The minimum Gasteiger partial charge on any atom is -0.348 e. The zero-order valence-electron chi connectivity index (χ0n) is 13.9. The predicted molar refractivity (Wildman–Crippen MR) is 106 cm³/mol. The Hall–Kier alpha value is -1.90. The van der Waals surface area contributed by atoms with Crippen LogP contribution in [0.15, 0.2) is 46.1 Å². The Kier molecular flexibility index (Phi) is 6.06. The van der Waals surface area contributed by atoms with Gasteiger partial charge in [-0.05, 0) is 37.4 Å². The van der Waals surface area contributed by atoms with Crippen molar-refractivity contribution in [3.63, 3.8) is 0 Å². The lowest BCUT2D eigenvalue weighted by Gasteiger charge is -2.11. The Morgan fingerprint density at radius 1 is 1.24 bits per heavy atom. The van der Waals surface area contributed by atoms with E-state index in [0.29, 0.717) is 5.75 Å². The molecule has 0 radical (unpaired) electrons. The molecule has 2 aromatic heterocycles. The van der Waals surface area contributed by atoms with Crippen molar-refractivity contribution in [2.45, 2.75) is 24.2 Å². The van der Waals surface area contributed by atoms with E-state index in [1.165, 1.54) is 28.7 Å². The number of hydrogen-bond donors (Lipinski definition) is 2. The summed E-state index contributed by atoms with van der Waals surface area (Å²) in [5.41, 5.74) is 2.18. The maximum atomic E-state index is 12.1. The SMILES string of the molecule is Cc1ccc(Nc2nnc(SCC(=O)N[C@H](C)c3cccs3)s2)cc1. The van der Waals surface area contributed by atoms with Crippen LogP contribution in [0.1, 0.15) is 23.4 Å². The summed E-state index contributed by atoms with van der Waals surface area (Å²) in [6.07, 6.45) is 0. The van der Waals surface area contributed by atoms with Crippen LogP contribution in [0.4, 0.5) is 10.8 Å². The summed E-state index contributed by atoms with van der Waals surface area (Å²) in [7, 11) is 0. The van der Waals surface area contributed by atoms with E-state index in [-0.39, 0.29) is 11.9 Å². The monoisotopic (exact) mass is 390 g/mol. The van der Waals surface area contributed by atoms with Gasteiger partial charge in [-0.2, -0.15) is 0 Å². The van der Waals surface area contributed by atoms with Gasteiger partial charge in [0.05, 0.1) is 11.8 Å². The van der Waals surface area contributed by atoms with Crippen molar-refractivity contribution in [3.8, 4) is 0 Å². The second kappa shape index (κ2) is 8.46. The van der Waals surface area contributed by atoms with Crippen LogP contribution in [0.5, 0.6) is 0 Å². The molecule has 0 aliphatic heterocycles. The zero-order chi connectivity index (χ0) is 17.6. The van der Waals surface area contributed by atoms with Crippen LogP contribution >= 0.6 is 34.4 Å². The highest BCUT2D eigenvalue weighted by Gasteiger charge is 2.12. The molecule has 0 fully saturated rings. The Morgan fingerprint density at radius 3 is 2.76 bits per heavy atom. The third-order valence-corrected chi connectivity index (χ3v) is 6.41. The van der Waals surface area contributed by atoms with Gasteiger partial charge in [-0.25, -0.2) is 0 Å². The Labute approximate surface area is 158 Å². The first-order valence-electron chi connectivity index (χ1n) is 7.73. The lowest BCUT2D eigenvalue weighted by molar-refractivity contribution is -0.119. The summed E-state index contributed by atoms with van der Waals surface area (Å²) >= 11 is 4.48. The number of thiophene rings is 1. The third-order valence-electron chi connectivity index (χ3n) is 3.38. The second-order valence-corrected chi connectivity index (χ2v) is 8.64. The summed E-state index contributed by atoms with van der Waals surface area (Å²) in [6.45, 7) is 4.04. The van der Waals surface area contributed by atoms with Crippen molar-refractivity contribution < 1.29 is 4.79 Å². The fourth-order valence-electron chi connectivity index (χ4n) is 2.10. The molecule has 0 saturated carbocycles. The highest BCUT2D eigenvalue weighted by atomic mass is 32.2. The molecule has 25 heavy (non-hydrogen) atoms. The molecule has 1 amide bonds. The van der Waals surface area contributed by atoms with Crippen LogP contribution in [-0.4, -0.2) is 21.9 Å². The standard InChI is InChI=1S/C17H18N4OS3/c1-11-5-7-13(8-6-11)19-16-20-21-17(25-16)24-10-15(22)18-12(2)14-4-3-9-23-14/h3-9,12H,10H2,1-2H3,(H,18,22)(H,19,20)/t12-/m1/s1. The quantitative estimate of drug-likeness (QED) is 0.576. The Bertz CT molecular complexity index is 815. The molecule has 0 bridgehead atoms. The number of amides is 1. The van der Waals surface area contributed by atoms with E-state index < -0.39 is 0 Å². The van der Waals surface area contributed by atoms with E-state index in [1.807, 2.05) is 55.6 Å². The molecule has 0 unspecified atom stereocenters. The summed E-state index contributed by atoms with van der Waals surface area (Å²) in [5.74, 6) is 0.323. The smallest absolute Gasteiger partial charge is 0.230 e. The number of carbonyl (C=O) groups is 1. The van der Waals surface area contributed by atoms with Crippen molar-refractivity contribution in [1.82, 2.24) is 15.5 Å². The third kappa shape index (κ3) is 5.29. The minimum atomic E-state index is -0.00542. The lowest BCUT2D eigenvalue weighted by atomic mass is 10.2. The predicted octanol–water partition coefficient (Wildman–Crippen LogP) is 4.62. The first-order chi connectivity index (χ1) is 12.1. The second-order valence-electron chi connectivity index (χ2n) is 5.46. The van der Waals surface area contributed by atoms with Gasteiger partial charge in [0.25, 0.3) is 0 Å². The zero-order valence-corrected chi connectivity index (χ0v) is 16.3. The van der Waals surface area contributed by atoms with Crippen molar-refractivity contribution in [2.75, 3.05) is 11.1 Å². The first-order valence-corrected chi connectivity index (χ1v) is 10.4. The van der Waals surface area contributed by atoms with Gasteiger partial charge in [-0.15, -0.1) is 21.5 Å². The fourth-order valence-corrected chi connectivity index (χ4v) is 4.42. The van der Waals surface area contributed by atoms with Crippen molar-refractivity contribution in [2.24, 2.45) is 0 Å². The molecule has 5 nitrogen and oxygen atoms in total. The molecular weight excluding hydrogens is 372 g/mol. The van der Waals surface area contributed by atoms with E-state index in [9.17, 15) is 4.79 Å². The lowest BCUT2D eigenvalue weighted by Crippen LogP contribution is -2.27. The summed E-state index contributed by atoms with van der Waals surface area (Å²) in [5, 5.41) is 17.2.